The molecule has 1 N–H and O–H groups in total. The predicted molar refractivity (Wildman–Crippen MR) is 66.0 cm³/mol. The van der Waals surface area contributed by atoms with Crippen LogP contribution in [0.2, 0.25) is 0 Å². The van der Waals surface area contributed by atoms with Crippen molar-refractivity contribution in [3.05, 3.63) is 16.6 Å². The number of nitrogens with one attached hydrogen (secondary N) is 1. The van der Waals surface area contributed by atoms with Gasteiger partial charge in [-0.2, -0.15) is 0 Å². The van der Waals surface area contributed by atoms with E-state index in [4.69, 9.17) is 9.47 Å². The standard InChI is InChI=1S/C11H16BrNO2/c1-7(2)13-9-5-8(12)6-10(14-3)11(9)15-4/h5-7,13H,1-4H3. The molecule has 3 nitrogen and oxygen atoms in total. The Morgan fingerprint density at radius 1 is 1.20 bits per heavy atom. The number of hydrogen-bond acceptors (Lipinski definition) is 3. The zero-order valence-electron chi connectivity index (χ0n) is 9.43. The molecule has 0 saturated carbocycles. The molecule has 0 spiro atoms. The van der Waals surface area contributed by atoms with Gasteiger partial charge in [-0.15, -0.1) is 0 Å². The third kappa shape index (κ3) is 3.02. The van der Waals surface area contributed by atoms with E-state index in [2.05, 4.69) is 35.1 Å². The maximum atomic E-state index is 5.31. The van der Waals surface area contributed by atoms with Gasteiger partial charge in [0.1, 0.15) is 0 Å². The molecule has 0 fully saturated rings. The summed E-state index contributed by atoms with van der Waals surface area (Å²) < 4.78 is 11.5. The molecule has 0 heterocycles. The molecule has 0 saturated heterocycles. The summed E-state index contributed by atoms with van der Waals surface area (Å²) in [4.78, 5) is 0. The lowest BCUT2D eigenvalue weighted by Gasteiger charge is -2.16. The van der Waals surface area contributed by atoms with Crippen LogP contribution in [-0.4, -0.2) is 20.3 Å². The Balaban J connectivity index is 3.16. The van der Waals surface area contributed by atoms with Crippen LogP contribution < -0.4 is 14.8 Å². The molecule has 0 unspecified atom stereocenters. The fourth-order valence-electron chi connectivity index (χ4n) is 1.35. The van der Waals surface area contributed by atoms with Crippen LogP contribution in [0, 0.1) is 0 Å². The van der Waals surface area contributed by atoms with Crippen LogP contribution in [0.15, 0.2) is 16.6 Å². The molecular formula is C11H16BrNO2. The van der Waals surface area contributed by atoms with Crippen molar-refractivity contribution in [1.29, 1.82) is 0 Å². The van der Waals surface area contributed by atoms with E-state index in [-0.39, 0.29) is 0 Å². The monoisotopic (exact) mass is 273 g/mol. The molecule has 84 valence electrons. The van der Waals surface area contributed by atoms with E-state index in [0.717, 1.165) is 21.7 Å². The van der Waals surface area contributed by atoms with Gasteiger partial charge < -0.3 is 14.8 Å². The van der Waals surface area contributed by atoms with E-state index >= 15 is 0 Å². The highest BCUT2D eigenvalue weighted by molar-refractivity contribution is 9.10. The third-order valence-electron chi connectivity index (χ3n) is 1.89. The van der Waals surface area contributed by atoms with E-state index in [1.54, 1.807) is 14.2 Å². The van der Waals surface area contributed by atoms with E-state index in [0.29, 0.717) is 6.04 Å². The lowest BCUT2D eigenvalue weighted by atomic mass is 10.2. The fraction of sp³-hybridized carbons (Fsp3) is 0.455. The van der Waals surface area contributed by atoms with Gasteiger partial charge in [0.15, 0.2) is 11.5 Å². The van der Waals surface area contributed by atoms with Crippen molar-refractivity contribution in [2.45, 2.75) is 19.9 Å². The molecule has 0 aliphatic heterocycles. The Bertz CT molecular complexity index is 340. The van der Waals surface area contributed by atoms with Crippen molar-refractivity contribution in [3.63, 3.8) is 0 Å². The van der Waals surface area contributed by atoms with E-state index in [1.165, 1.54) is 0 Å². The fourth-order valence-corrected chi connectivity index (χ4v) is 1.79. The van der Waals surface area contributed by atoms with Crippen molar-refractivity contribution in [1.82, 2.24) is 0 Å². The van der Waals surface area contributed by atoms with Gasteiger partial charge in [0.2, 0.25) is 0 Å². The minimum absolute atomic E-state index is 0.345. The lowest BCUT2D eigenvalue weighted by Crippen LogP contribution is -2.11. The number of rotatable bonds is 4. The molecule has 0 radical (unpaired) electrons. The summed E-state index contributed by atoms with van der Waals surface area (Å²) in [5.74, 6) is 1.45. The van der Waals surface area contributed by atoms with Crippen LogP contribution in [0.25, 0.3) is 0 Å². The first kappa shape index (κ1) is 12.2. The number of methoxy groups -OCH3 is 2. The van der Waals surface area contributed by atoms with Gasteiger partial charge in [-0.25, -0.2) is 0 Å². The van der Waals surface area contributed by atoms with Crippen LogP contribution in [0.5, 0.6) is 11.5 Å². The normalized spacial score (nSPS) is 10.3. The number of benzene rings is 1. The van der Waals surface area contributed by atoms with Crippen LogP contribution in [-0.2, 0) is 0 Å². The predicted octanol–water partition coefficient (Wildman–Crippen LogP) is 3.29. The van der Waals surface area contributed by atoms with Gasteiger partial charge in [-0.3, -0.25) is 0 Å². The first-order chi connectivity index (χ1) is 7.08. The van der Waals surface area contributed by atoms with Crippen molar-refractivity contribution in [2.24, 2.45) is 0 Å². The van der Waals surface area contributed by atoms with Gasteiger partial charge in [0, 0.05) is 10.5 Å². The Morgan fingerprint density at radius 2 is 1.87 bits per heavy atom. The van der Waals surface area contributed by atoms with Crippen molar-refractivity contribution in [2.75, 3.05) is 19.5 Å². The van der Waals surface area contributed by atoms with Gasteiger partial charge in [-0.05, 0) is 26.0 Å². The second-order valence-electron chi connectivity index (χ2n) is 3.49. The summed E-state index contributed by atoms with van der Waals surface area (Å²) in [6.07, 6.45) is 0. The second kappa shape index (κ2) is 5.26. The Labute approximate surface area is 98.9 Å². The van der Waals surface area contributed by atoms with E-state index < -0.39 is 0 Å². The molecule has 4 heteroatoms. The van der Waals surface area contributed by atoms with Crippen LogP contribution in [0.3, 0.4) is 0 Å². The van der Waals surface area contributed by atoms with E-state index in [9.17, 15) is 0 Å². The van der Waals surface area contributed by atoms with Gasteiger partial charge in [0.25, 0.3) is 0 Å². The lowest BCUT2D eigenvalue weighted by molar-refractivity contribution is 0.356. The number of halogens is 1. The molecule has 0 bridgehead atoms. The highest BCUT2D eigenvalue weighted by Crippen LogP contribution is 2.38. The maximum absolute atomic E-state index is 5.31. The van der Waals surface area contributed by atoms with Crippen LogP contribution >= 0.6 is 15.9 Å². The summed E-state index contributed by atoms with van der Waals surface area (Å²) in [6.45, 7) is 4.15. The quantitative estimate of drug-likeness (QED) is 0.913. The van der Waals surface area contributed by atoms with Gasteiger partial charge in [0.05, 0.1) is 19.9 Å². The highest BCUT2D eigenvalue weighted by atomic mass is 79.9. The molecule has 1 rings (SSSR count). The highest BCUT2D eigenvalue weighted by Gasteiger charge is 2.11. The third-order valence-corrected chi connectivity index (χ3v) is 2.35. The van der Waals surface area contributed by atoms with Gasteiger partial charge >= 0.3 is 0 Å². The summed E-state index contributed by atoms with van der Waals surface area (Å²) in [6, 6.07) is 4.20. The summed E-state index contributed by atoms with van der Waals surface area (Å²) in [5, 5.41) is 3.30. The first-order valence-corrected chi connectivity index (χ1v) is 5.55. The van der Waals surface area contributed by atoms with Crippen LogP contribution in [0.4, 0.5) is 5.69 Å². The zero-order chi connectivity index (χ0) is 11.4. The van der Waals surface area contributed by atoms with Crippen molar-refractivity contribution in [3.8, 4) is 11.5 Å². The minimum Gasteiger partial charge on any atom is -0.493 e. The minimum atomic E-state index is 0.345. The Hall–Kier alpha value is -0.900. The number of anilines is 1. The van der Waals surface area contributed by atoms with Crippen molar-refractivity contribution < 1.29 is 9.47 Å². The zero-order valence-corrected chi connectivity index (χ0v) is 11.0. The van der Waals surface area contributed by atoms with Gasteiger partial charge in [-0.1, -0.05) is 15.9 Å². The molecule has 0 amide bonds. The second-order valence-corrected chi connectivity index (χ2v) is 4.40. The molecule has 1 aromatic carbocycles. The summed E-state index contributed by atoms with van der Waals surface area (Å²) in [7, 11) is 3.26. The average molecular weight is 274 g/mol. The Kier molecular flexibility index (Phi) is 4.27. The summed E-state index contributed by atoms with van der Waals surface area (Å²) >= 11 is 3.43. The number of hydrogen-bond donors (Lipinski definition) is 1. The summed E-state index contributed by atoms with van der Waals surface area (Å²) in [5.41, 5.74) is 0.929. The maximum Gasteiger partial charge on any atom is 0.184 e. The molecule has 0 aliphatic rings. The van der Waals surface area contributed by atoms with Crippen molar-refractivity contribution >= 4 is 21.6 Å². The SMILES string of the molecule is COc1cc(Br)cc(NC(C)C)c1OC. The smallest absolute Gasteiger partial charge is 0.184 e. The topological polar surface area (TPSA) is 30.5 Å². The Morgan fingerprint density at radius 3 is 2.33 bits per heavy atom. The van der Waals surface area contributed by atoms with Crippen LogP contribution in [0.1, 0.15) is 13.8 Å². The van der Waals surface area contributed by atoms with E-state index in [1.807, 2.05) is 12.1 Å². The molecule has 0 atom stereocenters. The first-order valence-electron chi connectivity index (χ1n) is 4.76. The number of ether oxygens (including phenoxy) is 2. The molecule has 0 aromatic heterocycles. The molecular weight excluding hydrogens is 258 g/mol. The molecule has 1 aromatic rings. The largest absolute Gasteiger partial charge is 0.493 e. The molecule has 15 heavy (non-hydrogen) atoms. The average Bonchev–Trinajstić information content (AvgIpc) is 2.15. The molecule has 0 aliphatic carbocycles.